The van der Waals surface area contributed by atoms with Crippen molar-refractivity contribution in [1.82, 2.24) is 51.1 Å². The van der Waals surface area contributed by atoms with E-state index < -0.39 is 0 Å². The van der Waals surface area contributed by atoms with Crippen LogP contribution in [0.15, 0.2) is 0 Å². The maximum absolute atomic E-state index is 10.7. The van der Waals surface area contributed by atoms with E-state index in [1.54, 1.807) is 0 Å². The maximum Gasteiger partial charge on any atom is 0.0667 e. The SMILES string of the molecule is C.CCC(O)CNCCCNC.CCCCCCCCCCCCC(O)CN(C)CCCN(CC(O)CC)CC(O)CCCCCCCCCCCC.CCCCCCCCCCCCC(O)CN(C)CCCNC.CCCCCCCCCCCCC(O)CN(C)CCCNCC(O)CC.CCCCCCCCCCCCC(O)CN(CCCNC)CC(O)CC. The topological polar surface area (TPSA) is 258 Å². The molecule has 0 aromatic carbocycles. The highest BCUT2D eigenvalue weighted by molar-refractivity contribution is 4.74. The molecule has 0 bridgehead atoms. The van der Waals surface area contributed by atoms with Gasteiger partial charge in [0.15, 0.2) is 0 Å². The lowest BCUT2D eigenvalue weighted by Gasteiger charge is -2.28. The first-order valence-electron chi connectivity index (χ1n) is 55.1. The average Bonchev–Trinajstić information content (AvgIpc) is 0.980. The van der Waals surface area contributed by atoms with Crippen LogP contribution in [0.25, 0.3) is 0 Å². The van der Waals surface area contributed by atoms with Gasteiger partial charge in [-0.2, -0.15) is 0 Å². The molecule has 0 rings (SSSR count). The van der Waals surface area contributed by atoms with Crippen LogP contribution in [0.1, 0.15) is 481 Å². The lowest BCUT2D eigenvalue weighted by Crippen LogP contribution is -2.40. The van der Waals surface area contributed by atoms with Gasteiger partial charge in [0.25, 0.3) is 0 Å². The molecule has 0 saturated heterocycles. The summed E-state index contributed by atoms with van der Waals surface area (Å²) in [6.07, 6.45) is 77.7. The molecule has 0 heterocycles. The number of rotatable bonds is 97. The highest BCUT2D eigenvalue weighted by Gasteiger charge is 2.19. The van der Waals surface area contributed by atoms with Crippen molar-refractivity contribution in [3.05, 3.63) is 0 Å². The van der Waals surface area contributed by atoms with E-state index in [2.05, 4.69) is 107 Å². The largest absolute Gasteiger partial charge is 0.392 e. The Hall–Kier alpha value is -0.760. The lowest BCUT2D eigenvalue weighted by molar-refractivity contribution is 0.0599. The van der Waals surface area contributed by atoms with Crippen LogP contribution in [-0.2, 0) is 0 Å². The average molecular weight is 1820 g/mol. The lowest BCUT2D eigenvalue weighted by atomic mass is 10.0. The van der Waals surface area contributed by atoms with Crippen molar-refractivity contribution in [2.45, 2.75) is 536 Å². The van der Waals surface area contributed by atoms with Crippen molar-refractivity contribution in [3.63, 3.8) is 0 Å². The van der Waals surface area contributed by atoms with E-state index in [4.69, 9.17) is 5.11 Å². The Labute approximate surface area is 795 Å². The molecule has 0 radical (unpaired) electrons. The Balaban J connectivity index is -0.000000377. The van der Waals surface area contributed by atoms with Crippen molar-refractivity contribution in [3.8, 4) is 0 Å². The minimum Gasteiger partial charge on any atom is -0.392 e. The Morgan fingerprint density at radius 1 is 0.189 bits per heavy atom. The molecule has 0 aliphatic carbocycles. The van der Waals surface area contributed by atoms with Gasteiger partial charge < -0.3 is 87.2 Å². The number of hydrogen-bond donors (Lipinski definition) is 14. The zero-order valence-corrected chi connectivity index (χ0v) is 87.6. The monoisotopic (exact) mass is 1820 g/mol. The Kier molecular flexibility index (Phi) is 125. The molecule has 0 aliphatic heterocycles. The second-order valence-electron chi connectivity index (χ2n) is 38.7. The number of unbranched alkanes of at least 4 members (excludes halogenated alkanes) is 45. The molecule has 0 saturated carbocycles. The van der Waals surface area contributed by atoms with Crippen LogP contribution < -0.4 is 26.6 Å². The number of aliphatic hydroxyl groups excluding tert-OH is 9. The number of likely N-dealkylation sites (N-methyl/N-ethyl adjacent to an activating group) is 3. The smallest absolute Gasteiger partial charge is 0.0667 e. The second kappa shape index (κ2) is 116. The third-order valence-corrected chi connectivity index (χ3v) is 25.1. The van der Waals surface area contributed by atoms with Crippen molar-refractivity contribution in [2.24, 2.45) is 0 Å². The summed E-state index contributed by atoms with van der Waals surface area (Å²) in [5, 5.41) is 106. The Bertz CT molecular complexity index is 1920. The van der Waals surface area contributed by atoms with Gasteiger partial charge in [-0.3, -0.25) is 9.80 Å². The molecule has 127 heavy (non-hydrogen) atoms. The molecule has 0 amide bonds. The third kappa shape index (κ3) is 119. The normalized spacial score (nSPS) is 13.8. The maximum atomic E-state index is 10.7. The van der Waals surface area contributed by atoms with E-state index in [1.807, 2.05) is 48.8 Å². The summed E-state index contributed by atoms with van der Waals surface area (Å²) < 4.78 is 0. The fourth-order valence-electron chi connectivity index (χ4n) is 16.4. The van der Waals surface area contributed by atoms with Crippen molar-refractivity contribution >= 4 is 0 Å². The predicted octanol–water partition coefficient (Wildman–Crippen LogP) is 22.2. The van der Waals surface area contributed by atoms with Crippen LogP contribution in [0.4, 0.5) is 0 Å². The first-order valence-corrected chi connectivity index (χ1v) is 55.1. The summed E-state index contributed by atoms with van der Waals surface area (Å²) in [5.41, 5.74) is 0. The molecule has 0 spiro atoms. The first-order chi connectivity index (χ1) is 61.2. The summed E-state index contributed by atoms with van der Waals surface area (Å²) in [6.45, 7) is 35.5. The molecule has 774 valence electrons. The van der Waals surface area contributed by atoms with Crippen LogP contribution in [0, 0.1) is 0 Å². The number of nitrogens with zero attached hydrogens (tertiary/aromatic N) is 5. The minimum absolute atomic E-state index is 0. The van der Waals surface area contributed by atoms with E-state index in [0.29, 0.717) is 32.7 Å². The van der Waals surface area contributed by atoms with Crippen molar-refractivity contribution in [1.29, 1.82) is 0 Å². The summed E-state index contributed by atoms with van der Waals surface area (Å²) in [4.78, 5) is 11.2. The highest BCUT2D eigenvalue weighted by atomic mass is 16.3. The van der Waals surface area contributed by atoms with Crippen molar-refractivity contribution in [2.75, 3.05) is 167 Å². The standard InChI is InChI=1S/C36H76N2O3.2C22H48N2O2.C19H42N2O.C8H20N2O.CH4/c1-5-8-10-12-14-16-18-20-22-24-27-35(40)31-37(4)29-26-30-38(32-34(39)7-3)33-36(41)28-25-23-21-19-17-15-13-11-9-6-2;1-4-6-7-8-9-10-11-12-13-14-16-22(26)20-24(3)18-15-17-23-19-21(25)5-2;1-4-6-7-8-9-10-11-12-13-14-16-22(26)20-24(18-15-17-23-3)19-21(25)5-2;1-4-5-6-7-8-9-10-11-12-13-15-19(22)18-21(3)17-14-16-20-2;1-3-8(11)7-10-6-4-5-9-2;/h34-36,39-41H,5-33H2,1-4H3;2*21-23,25-26H,4-20H2,1-3H3;19-20,22H,4-18H2,1-3H3;8-11H,3-7H2,1-2H3;1H4. The van der Waals surface area contributed by atoms with Crippen LogP contribution in [0.5, 0.6) is 0 Å². The molecule has 19 nitrogen and oxygen atoms in total. The summed E-state index contributed by atoms with van der Waals surface area (Å²) in [5.74, 6) is 0. The van der Waals surface area contributed by atoms with Gasteiger partial charge >= 0.3 is 0 Å². The van der Waals surface area contributed by atoms with Gasteiger partial charge in [-0.1, -0.05) is 391 Å². The van der Waals surface area contributed by atoms with Crippen molar-refractivity contribution < 1.29 is 46.0 Å². The third-order valence-electron chi connectivity index (χ3n) is 25.1. The predicted molar refractivity (Wildman–Crippen MR) is 560 cm³/mol. The van der Waals surface area contributed by atoms with Gasteiger partial charge in [0.1, 0.15) is 0 Å². The van der Waals surface area contributed by atoms with E-state index in [-0.39, 0.29) is 62.4 Å². The number of nitrogens with one attached hydrogen (secondary N) is 5. The first kappa shape index (κ1) is 137. The summed E-state index contributed by atoms with van der Waals surface area (Å²) in [6, 6.07) is 0. The zero-order chi connectivity index (χ0) is 94.3. The fourth-order valence-corrected chi connectivity index (χ4v) is 16.4. The van der Waals surface area contributed by atoms with Gasteiger partial charge in [0.2, 0.25) is 0 Å². The van der Waals surface area contributed by atoms with Crippen LogP contribution in [-0.4, -0.2) is 292 Å². The van der Waals surface area contributed by atoms with Crippen LogP contribution in [0.3, 0.4) is 0 Å². The Morgan fingerprint density at radius 2 is 0.370 bits per heavy atom. The number of hydrogen-bond acceptors (Lipinski definition) is 19. The summed E-state index contributed by atoms with van der Waals surface area (Å²) in [7, 11) is 12.2. The van der Waals surface area contributed by atoms with E-state index in [1.165, 1.54) is 295 Å². The Morgan fingerprint density at radius 3 is 0.606 bits per heavy atom. The molecule has 9 atom stereocenters. The highest BCUT2D eigenvalue weighted by Crippen LogP contribution is 2.20. The molecular weight excluding hydrogens is 1580 g/mol. The molecule has 9 unspecified atom stereocenters. The van der Waals surface area contributed by atoms with Crippen LogP contribution >= 0.6 is 0 Å². The molecule has 14 N–H and O–H groups in total. The molecule has 0 aliphatic rings. The quantitative estimate of drug-likeness (QED) is 0.0253. The van der Waals surface area contributed by atoms with E-state index in [9.17, 15) is 40.9 Å². The van der Waals surface area contributed by atoms with Crippen LogP contribution in [0.2, 0.25) is 0 Å². The molecule has 0 aromatic heterocycles. The van der Waals surface area contributed by atoms with Gasteiger partial charge in [0.05, 0.1) is 54.9 Å². The van der Waals surface area contributed by atoms with Gasteiger partial charge in [-0.05, 0) is 198 Å². The van der Waals surface area contributed by atoms with E-state index >= 15 is 0 Å². The number of aliphatic hydroxyl groups is 9. The zero-order valence-electron chi connectivity index (χ0n) is 87.6. The molecule has 0 aromatic rings. The molecule has 19 heteroatoms. The van der Waals surface area contributed by atoms with E-state index in [0.717, 1.165) is 207 Å². The summed E-state index contributed by atoms with van der Waals surface area (Å²) >= 11 is 0. The van der Waals surface area contributed by atoms with Gasteiger partial charge in [-0.25, -0.2) is 0 Å². The van der Waals surface area contributed by atoms with Gasteiger partial charge in [-0.15, -0.1) is 0 Å². The fraction of sp³-hybridized carbons (Fsp3) is 1.00. The second-order valence-corrected chi connectivity index (χ2v) is 38.7. The molecule has 0 fully saturated rings. The van der Waals surface area contributed by atoms with Gasteiger partial charge in [0, 0.05) is 58.9 Å². The molecular formula is C108H238N10O9. The minimum atomic E-state index is -0.333.